The molecule has 0 aliphatic heterocycles. The number of nitrogens with zero attached hydrogens (tertiary/aromatic N) is 1. The molecule has 1 rings (SSSR count). The van der Waals surface area contributed by atoms with Gasteiger partial charge in [0.05, 0.1) is 10.7 Å². The largest absolute Gasteiger partial charge is 0.246 e. The van der Waals surface area contributed by atoms with Crippen molar-refractivity contribution in [1.29, 1.82) is 0 Å². The van der Waals surface area contributed by atoms with Gasteiger partial charge in [0.1, 0.15) is 0 Å². The quantitative estimate of drug-likeness (QED) is 0.700. The molecule has 1 heterocycles. The zero-order valence-electron chi connectivity index (χ0n) is 8.35. The van der Waals surface area contributed by atoms with Gasteiger partial charge in [0.25, 0.3) is 0 Å². The van der Waals surface area contributed by atoms with Crippen molar-refractivity contribution in [3.63, 3.8) is 0 Å². The highest BCUT2D eigenvalue weighted by molar-refractivity contribution is 7.09. The van der Waals surface area contributed by atoms with E-state index in [-0.39, 0.29) is 5.41 Å². The number of hydrogen-bond donors (Lipinski definition) is 0. The lowest BCUT2D eigenvalue weighted by molar-refractivity contribution is 0.492. The summed E-state index contributed by atoms with van der Waals surface area (Å²) in [6.45, 7) is 8.87. The number of aryl methyl sites for hydroxylation is 1. The Bertz CT molecular complexity index is 250. The molecule has 1 nitrogen and oxygen atoms in total. The second-order valence-corrected chi connectivity index (χ2v) is 4.66. The van der Waals surface area contributed by atoms with Gasteiger partial charge in [0.15, 0.2) is 0 Å². The molecule has 0 spiro atoms. The standard InChI is InChI=1S/C10H17NS/c1-5-9-11-8(7-12-9)10(3,4)6-2/h7H,5-6H2,1-4H3. The van der Waals surface area contributed by atoms with Gasteiger partial charge in [-0.05, 0) is 12.8 Å². The Morgan fingerprint density at radius 1 is 1.42 bits per heavy atom. The van der Waals surface area contributed by atoms with E-state index in [0.29, 0.717) is 0 Å². The Labute approximate surface area is 78.8 Å². The van der Waals surface area contributed by atoms with Crippen molar-refractivity contribution in [1.82, 2.24) is 4.98 Å². The predicted molar refractivity (Wildman–Crippen MR) is 54.8 cm³/mol. The minimum absolute atomic E-state index is 0.254. The van der Waals surface area contributed by atoms with E-state index in [1.165, 1.54) is 10.7 Å². The Balaban J connectivity index is 2.88. The molecule has 0 N–H and O–H groups in total. The molecule has 0 atom stereocenters. The van der Waals surface area contributed by atoms with Crippen molar-refractivity contribution in [2.45, 2.75) is 46.0 Å². The SMILES string of the molecule is CCc1nc(C(C)(C)CC)cs1. The zero-order valence-corrected chi connectivity index (χ0v) is 9.16. The Morgan fingerprint density at radius 2 is 2.08 bits per heavy atom. The second-order valence-electron chi connectivity index (χ2n) is 3.72. The summed E-state index contributed by atoms with van der Waals surface area (Å²) < 4.78 is 0. The molecule has 0 aliphatic rings. The third kappa shape index (κ3) is 1.86. The average molecular weight is 183 g/mol. The summed E-state index contributed by atoms with van der Waals surface area (Å²) in [4.78, 5) is 4.59. The molecule has 12 heavy (non-hydrogen) atoms. The van der Waals surface area contributed by atoms with Crippen LogP contribution in [0.4, 0.5) is 0 Å². The van der Waals surface area contributed by atoms with Crippen LogP contribution in [0, 0.1) is 0 Å². The Hall–Kier alpha value is -0.370. The van der Waals surface area contributed by atoms with Crippen LogP contribution in [0.15, 0.2) is 5.38 Å². The highest BCUT2D eigenvalue weighted by Crippen LogP contribution is 2.27. The molecule has 1 aromatic heterocycles. The van der Waals surface area contributed by atoms with Gasteiger partial charge in [0.2, 0.25) is 0 Å². The van der Waals surface area contributed by atoms with Gasteiger partial charge >= 0.3 is 0 Å². The molecular weight excluding hydrogens is 166 g/mol. The zero-order chi connectivity index (χ0) is 9.19. The van der Waals surface area contributed by atoms with Crippen LogP contribution in [0.2, 0.25) is 0 Å². The van der Waals surface area contributed by atoms with Gasteiger partial charge in [-0.15, -0.1) is 11.3 Å². The maximum atomic E-state index is 4.59. The van der Waals surface area contributed by atoms with Crippen molar-refractivity contribution >= 4 is 11.3 Å². The van der Waals surface area contributed by atoms with Crippen LogP contribution in [0.5, 0.6) is 0 Å². The molecule has 0 saturated carbocycles. The van der Waals surface area contributed by atoms with E-state index in [1.54, 1.807) is 11.3 Å². The molecule has 0 amide bonds. The smallest absolute Gasteiger partial charge is 0.0925 e. The van der Waals surface area contributed by atoms with Crippen LogP contribution >= 0.6 is 11.3 Å². The fourth-order valence-corrected chi connectivity index (χ4v) is 1.90. The molecule has 0 radical (unpaired) electrons. The van der Waals surface area contributed by atoms with Gasteiger partial charge in [-0.25, -0.2) is 4.98 Å². The molecule has 0 saturated heterocycles. The summed E-state index contributed by atoms with van der Waals surface area (Å²) in [5.41, 5.74) is 1.51. The van der Waals surface area contributed by atoms with E-state index in [9.17, 15) is 0 Å². The summed E-state index contributed by atoms with van der Waals surface area (Å²) in [5.74, 6) is 0. The lowest BCUT2D eigenvalue weighted by Gasteiger charge is -2.19. The maximum absolute atomic E-state index is 4.59. The first-order valence-corrected chi connectivity index (χ1v) is 5.43. The summed E-state index contributed by atoms with van der Waals surface area (Å²) in [5, 5.41) is 3.45. The molecule has 2 heteroatoms. The topological polar surface area (TPSA) is 12.9 Å². The normalized spacial score (nSPS) is 12.0. The molecule has 0 aromatic carbocycles. The van der Waals surface area contributed by atoms with E-state index in [2.05, 4.69) is 38.1 Å². The predicted octanol–water partition coefficient (Wildman–Crippen LogP) is 3.39. The van der Waals surface area contributed by atoms with E-state index in [1.807, 2.05) is 0 Å². The molecule has 0 bridgehead atoms. The first kappa shape index (κ1) is 9.72. The van der Waals surface area contributed by atoms with Gasteiger partial charge in [-0.1, -0.05) is 27.7 Å². The monoisotopic (exact) mass is 183 g/mol. The molecule has 0 aliphatic carbocycles. The Kier molecular flexibility index (Phi) is 2.89. The third-order valence-electron chi connectivity index (χ3n) is 2.43. The summed E-state index contributed by atoms with van der Waals surface area (Å²) in [7, 11) is 0. The van der Waals surface area contributed by atoms with Gasteiger partial charge in [0, 0.05) is 10.8 Å². The molecular formula is C10H17NS. The van der Waals surface area contributed by atoms with E-state index in [4.69, 9.17) is 0 Å². The van der Waals surface area contributed by atoms with Crippen LogP contribution in [0.25, 0.3) is 0 Å². The number of thiazole rings is 1. The van der Waals surface area contributed by atoms with Gasteiger partial charge in [-0.3, -0.25) is 0 Å². The summed E-state index contributed by atoms with van der Waals surface area (Å²) in [6, 6.07) is 0. The third-order valence-corrected chi connectivity index (χ3v) is 3.42. The first-order valence-electron chi connectivity index (χ1n) is 4.55. The van der Waals surface area contributed by atoms with Crippen LogP contribution in [0.3, 0.4) is 0 Å². The Morgan fingerprint density at radius 3 is 2.50 bits per heavy atom. The summed E-state index contributed by atoms with van der Waals surface area (Å²) >= 11 is 1.78. The van der Waals surface area contributed by atoms with Crippen molar-refractivity contribution in [3.8, 4) is 0 Å². The minimum Gasteiger partial charge on any atom is -0.246 e. The molecule has 0 fully saturated rings. The lowest BCUT2D eigenvalue weighted by Crippen LogP contribution is -2.15. The van der Waals surface area contributed by atoms with Gasteiger partial charge < -0.3 is 0 Å². The van der Waals surface area contributed by atoms with Crippen molar-refractivity contribution in [2.75, 3.05) is 0 Å². The van der Waals surface area contributed by atoms with Crippen LogP contribution in [-0.4, -0.2) is 4.98 Å². The lowest BCUT2D eigenvalue weighted by atomic mass is 9.87. The van der Waals surface area contributed by atoms with Crippen LogP contribution in [-0.2, 0) is 11.8 Å². The maximum Gasteiger partial charge on any atom is 0.0925 e. The van der Waals surface area contributed by atoms with E-state index >= 15 is 0 Å². The van der Waals surface area contributed by atoms with Crippen LogP contribution < -0.4 is 0 Å². The fourth-order valence-electron chi connectivity index (χ4n) is 0.965. The van der Waals surface area contributed by atoms with Crippen molar-refractivity contribution in [3.05, 3.63) is 16.1 Å². The van der Waals surface area contributed by atoms with E-state index < -0.39 is 0 Å². The molecule has 1 aromatic rings. The summed E-state index contributed by atoms with van der Waals surface area (Å²) in [6.07, 6.45) is 2.21. The van der Waals surface area contributed by atoms with Crippen molar-refractivity contribution in [2.24, 2.45) is 0 Å². The van der Waals surface area contributed by atoms with Gasteiger partial charge in [-0.2, -0.15) is 0 Å². The number of hydrogen-bond acceptors (Lipinski definition) is 2. The van der Waals surface area contributed by atoms with Crippen molar-refractivity contribution < 1.29 is 0 Å². The van der Waals surface area contributed by atoms with E-state index in [0.717, 1.165) is 12.8 Å². The first-order chi connectivity index (χ1) is 5.60. The molecule has 68 valence electrons. The minimum atomic E-state index is 0.254. The highest BCUT2D eigenvalue weighted by atomic mass is 32.1. The molecule has 0 unspecified atom stereocenters. The fraction of sp³-hybridized carbons (Fsp3) is 0.700. The highest BCUT2D eigenvalue weighted by Gasteiger charge is 2.20. The average Bonchev–Trinajstić information content (AvgIpc) is 2.52. The van der Waals surface area contributed by atoms with Crippen LogP contribution in [0.1, 0.15) is 44.8 Å². The second kappa shape index (κ2) is 3.56. The number of rotatable bonds is 3. The number of aromatic nitrogens is 1.